The summed E-state index contributed by atoms with van der Waals surface area (Å²) in [7, 11) is 1.65. The van der Waals surface area contributed by atoms with Crippen molar-refractivity contribution in [2.45, 2.75) is 49.4 Å². The van der Waals surface area contributed by atoms with Crippen LogP contribution in [0.25, 0.3) is 4.91 Å². The van der Waals surface area contributed by atoms with Crippen molar-refractivity contribution in [3.8, 4) is 0 Å². The molecule has 2 atom stereocenters. The van der Waals surface area contributed by atoms with E-state index in [1.807, 2.05) is 152 Å². The lowest BCUT2D eigenvalue weighted by Gasteiger charge is -2.49. The van der Waals surface area contributed by atoms with Crippen LogP contribution in [-0.2, 0) is 46.1 Å². The minimum absolute atomic E-state index is 0.0266. The molecule has 2 amide bonds. The van der Waals surface area contributed by atoms with E-state index in [9.17, 15) is 19.2 Å². The van der Waals surface area contributed by atoms with Crippen LogP contribution in [0.15, 0.2) is 180 Å². The highest BCUT2D eigenvalue weighted by atomic mass is 32.2. The van der Waals surface area contributed by atoms with Crippen LogP contribution in [0.4, 0.5) is 5.13 Å². The number of nitrogens with one attached hydrogen (secondary N) is 2. The monoisotopic (exact) mass is 1030 g/mol. The van der Waals surface area contributed by atoms with Gasteiger partial charge >= 0.3 is 11.9 Å². The quantitative estimate of drug-likeness (QED) is 0.0198. The lowest BCUT2D eigenvalue weighted by Crippen LogP contribution is -2.71. The van der Waals surface area contributed by atoms with E-state index in [1.54, 1.807) is 39.3 Å². The van der Waals surface area contributed by atoms with Gasteiger partial charge in [-0.05, 0) is 70.7 Å². The average molecular weight is 1030 g/mol. The number of nitrogens with zero attached hydrogens (tertiary/aromatic N) is 7. The van der Waals surface area contributed by atoms with Gasteiger partial charge in [0.05, 0.1) is 4.91 Å². The van der Waals surface area contributed by atoms with E-state index in [1.165, 1.54) is 32.7 Å². The molecule has 2 N–H and O–H groups in total. The van der Waals surface area contributed by atoms with Crippen LogP contribution in [0.5, 0.6) is 0 Å². The zero-order valence-electron chi connectivity index (χ0n) is 40.0. The Morgan fingerprint density at radius 1 is 0.836 bits per heavy atom. The van der Waals surface area contributed by atoms with Gasteiger partial charge in [0.2, 0.25) is 6.61 Å². The third-order valence-corrected chi connectivity index (χ3v) is 14.1. The van der Waals surface area contributed by atoms with E-state index in [0.29, 0.717) is 32.6 Å². The van der Waals surface area contributed by atoms with Crippen LogP contribution in [0.2, 0.25) is 0 Å². The maximum Gasteiger partial charge on any atom is 0.356 e. The predicted molar refractivity (Wildman–Crippen MR) is 282 cm³/mol. The first-order valence-electron chi connectivity index (χ1n) is 23.1. The van der Waals surface area contributed by atoms with Gasteiger partial charge in [0.15, 0.2) is 22.8 Å². The predicted octanol–water partition coefficient (Wildman–Crippen LogP) is 8.09. The number of allylic oxidation sites excluding steroid dienone is 1. The SMILES string of the molecule is Cn1nnnc1C(S)=CC1=C(C(=O)OC(c2ccccc2)c2ccccc2)N2C(=O)C(NC(=O)C(=NOCC(=O)OC(C)(C)C)c3csc(NC(c4ccccc4)(c4ccccc4)c4ccccc4)n3)C2SC1. The molecular formula is C54H49N9O7S3. The number of hydrogen-bond donors (Lipinski definition) is 3. The van der Waals surface area contributed by atoms with Gasteiger partial charge in [-0.3, -0.25) is 14.5 Å². The fourth-order valence-corrected chi connectivity index (χ4v) is 10.9. The number of anilines is 1. The number of benzene rings is 5. The van der Waals surface area contributed by atoms with E-state index in [2.05, 4.69) is 31.3 Å². The number of thioether (sulfide) groups is 1. The van der Waals surface area contributed by atoms with Gasteiger partial charge in [0.25, 0.3) is 11.8 Å². The zero-order chi connectivity index (χ0) is 51.1. The standard InChI is InChI=1S/C54H49N9O7S3/c1-53(2,3)70-42(64)31-68-59-43(40-33-73-52(55-40)57-54(37-24-14-7-15-25-37,38-26-16-8-17-27-38)39-28-18-9-19-29-39)48(65)56-44-49(66)63-45(36(32-72-50(44)63)30-41(71)47-58-60-61-62(47)4)51(67)69-46(34-20-10-5-11-21-34)35-22-12-6-13-23-35/h5-30,33,44,46,50,71H,31-32H2,1-4H3,(H,55,57)(H,56,65). The molecule has 0 bridgehead atoms. The largest absolute Gasteiger partial charge is 0.457 e. The highest BCUT2D eigenvalue weighted by Gasteiger charge is 2.55. The van der Waals surface area contributed by atoms with Crippen LogP contribution in [0.1, 0.15) is 66.2 Å². The molecular weight excluding hydrogens is 983 g/mol. The van der Waals surface area contributed by atoms with Gasteiger partial charge in [-0.25, -0.2) is 19.3 Å². The number of carbonyl (C=O) groups is 4. The van der Waals surface area contributed by atoms with E-state index in [-0.39, 0.29) is 22.9 Å². The first-order valence-corrected chi connectivity index (χ1v) is 25.4. The first kappa shape index (κ1) is 50.1. The van der Waals surface area contributed by atoms with E-state index < -0.39 is 59.0 Å². The summed E-state index contributed by atoms with van der Waals surface area (Å²) in [5.74, 6) is -2.37. The van der Waals surface area contributed by atoms with Crippen molar-refractivity contribution in [1.82, 2.24) is 35.4 Å². The number of ether oxygens (including phenoxy) is 2. The number of carbonyl (C=O) groups excluding carboxylic acids is 4. The molecule has 0 saturated carbocycles. The number of fused-ring (bicyclic) bond motifs is 1. The van der Waals surface area contributed by atoms with Crippen molar-refractivity contribution in [2.24, 2.45) is 12.2 Å². The van der Waals surface area contributed by atoms with Crippen molar-refractivity contribution < 1.29 is 33.5 Å². The van der Waals surface area contributed by atoms with E-state index >= 15 is 0 Å². The molecule has 5 aromatic carbocycles. The minimum Gasteiger partial charge on any atom is -0.457 e. The second kappa shape index (κ2) is 21.9. The normalized spacial score (nSPS) is 16.1. The molecule has 2 aliphatic rings. The maximum atomic E-state index is 14.7. The summed E-state index contributed by atoms with van der Waals surface area (Å²) in [6.45, 7) is 4.54. The Hall–Kier alpha value is -7.87. The lowest BCUT2D eigenvalue weighted by molar-refractivity contribution is -0.160. The van der Waals surface area contributed by atoms with Crippen LogP contribution in [-0.4, -0.2) is 88.9 Å². The summed E-state index contributed by atoms with van der Waals surface area (Å²) in [4.78, 5) is 68.8. The molecule has 370 valence electrons. The number of rotatable bonds is 17. The summed E-state index contributed by atoms with van der Waals surface area (Å²) in [6.07, 6.45) is 0.803. The molecule has 9 rings (SSSR count). The Kier molecular flexibility index (Phi) is 15.0. The molecule has 16 nitrogen and oxygen atoms in total. The first-order chi connectivity index (χ1) is 35.3. The van der Waals surface area contributed by atoms with Gasteiger partial charge in [0.1, 0.15) is 33.9 Å². The van der Waals surface area contributed by atoms with Gasteiger partial charge in [-0.2, -0.15) is 0 Å². The van der Waals surface area contributed by atoms with Crippen molar-refractivity contribution in [1.29, 1.82) is 0 Å². The van der Waals surface area contributed by atoms with Gasteiger partial charge < -0.3 is 24.9 Å². The summed E-state index contributed by atoms with van der Waals surface area (Å²) in [6, 6.07) is 47.3. The molecule has 2 aromatic heterocycles. The molecule has 2 aliphatic heterocycles. The summed E-state index contributed by atoms with van der Waals surface area (Å²) in [5.41, 5.74) is 2.64. The summed E-state index contributed by atoms with van der Waals surface area (Å²) < 4.78 is 13.2. The molecule has 19 heteroatoms. The van der Waals surface area contributed by atoms with Gasteiger partial charge in [-0.1, -0.05) is 157 Å². The molecule has 7 aromatic rings. The fourth-order valence-electron chi connectivity index (χ4n) is 8.48. The number of amides is 2. The second-order valence-corrected chi connectivity index (χ2v) is 20.3. The number of esters is 2. The molecule has 0 spiro atoms. The number of thiol groups is 1. The Morgan fingerprint density at radius 2 is 1.38 bits per heavy atom. The van der Waals surface area contributed by atoms with E-state index in [4.69, 9.17) is 31.9 Å². The van der Waals surface area contributed by atoms with E-state index in [0.717, 1.165) is 16.7 Å². The molecule has 0 aliphatic carbocycles. The van der Waals surface area contributed by atoms with Crippen molar-refractivity contribution in [3.05, 3.63) is 214 Å². The second-order valence-electron chi connectivity index (χ2n) is 17.8. The van der Waals surface area contributed by atoms with Crippen LogP contribution in [0.3, 0.4) is 0 Å². The third kappa shape index (κ3) is 11.0. The number of thiazole rings is 1. The Morgan fingerprint density at radius 3 is 1.90 bits per heavy atom. The number of β-lactam (4-membered cyclic amide) rings is 1. The smallest absolute Gasteiger partial charge is 0.356 e. The average Bonchev–Trinajstić information content (AvgIpc) is 4.06. The third-order valence-electron chi connectivity index (χ3n) is 11.7. The fraction of sp³-hybridized carbons (Fsp3) is 0.204. The number of tetrazole rings is 1. The molecule has 73 heavy (non-hydrogen) atoms. The molecule has 0 radical (unpaired) electrons. The van der Waals surface area contributed by atoms with Gasteiger partial charge in [0, 0.05) is 18.2 Å². The number of aryl methyl sites for hydroxylation is 1. The lowest BCUT2D eigenvalue weighted by atomic mass is 9.77. The number of oxime groups is 1. The van der Waals surface area contributed by atoms with Crippen molar-refractivity contribution >= 4 is 75.2 Å². The Balaban J connectivity index is 1.04. The topological polar surface area (TPSA) is 192 Å². The Bertz CT molecular complexity index is 3070. The van der Waals surface area contributed by atoms with Crippen LogP contribution >= 0.6 is 35.7 Å². The number of hydrogen-bond acceptors (Lipinski definition) is 16. The zero-order valence-corrected chi connectivity index (χ0v) is 42.5. The highest BCUT2D eigenvalue weighted by molar-refractivity contribution is 8.00. The van der Waals surface area contributed by atoms with Crippen molar-refractivity contribution in [2.75, 3.05) is 17.7 Å². The van der Waals surface area contributed by atoms with Gasteiger partial charge in [-0.15, -0.1) is 40.8 Å². The molecule has 2 unspecified atom stereocenters. The summed E-state index contributed by atoms with van der Waals surface area (Å²) in [5, 5.41) is 23.7. The van der Waals surface area contributed by atoms with Crippen molar-refractivity contribution in [3.63, 3.8) is 0 Å². The summed E-state index contributed by atoms with van der Waals surface area (Å²) >= 11 is 7.24. The van der Waals surface area contributed by atoms with Crippen LogP contribution < -0.4 is 10.6 Å². The number of aromatic nitrogens is 5. The molecule has 1 fully saturated rings. The molecule has 1 saturated heterocycles. The van der Waals surface area contributed by atoms with Crippen LogP contribution in [0, 0.1) is 0 Å². The Labute approximate surface area is 434 Å². The highest BCUT2D eigenvalue weighted by Crippen LogP contribution is 2.44. The minimum atomic E-state index is -1.14. The molecule has 4 heterocycles. The maximum absolute atomic E-state index is 14.7.